The van der Waals surface area contributed by atoms with Gasteiger partial charge in [-0.15, -0.1) is 0 Å². The number of hydrogen-bond donors (Lipinski definition) is 2. The molecule has 1 aliphatic rings. The first-order valence-corrected chi connectivity index (χ1v) is 9.16. The fourth-order valence-corrected chi connectivity index (χ4v) is 3.25. The van der Waals surface area contributed by atoms with Crippen LogP contribution in [0.25, 0.3) is 0 Å². The lowest BCUT2D eigenvalue weighted by molar-refractivity contribution is -0.143. The van der Waals surface area contributed by atoms with Gasteiger partial charge in [0.05, 0.1) is 6.54 Å². The van der Waals surface area contributed by atoms with E-state index in [1.165, 1.54) is 10.5 Å². The van der Waals surface area contributed by atoms with E-state index >= 15 is 0 Å². The largest absolute Gasteiger partial charge is 0.401 e. The Balaban J connectivity index is 1.67. The van der Waals surface area contributed by atoms with Gasteiger partial charge in [-0.3, -0.25) is 9.89 Å². The van der Waals surface area contributed by atoms with Crippen LogP contribution in [0.15, 0.2) is 35.3 Å². The Morgan fingerprint density at radius 3 is 2.69 bits per heavy atom. The molecule has 1 aromatic carbocycles. The summed E-state index contributed by atoms with van der Waals surface area (Å²) in [6.45, 7) is 2.92. The molecule has 7 heteroatoms. The van der Waals surface area contributed by atoms with Gasteiger partial charge in [0.1, 0.15) is 0 Å². The van der Waals surface area contributed by atoms with Crippen molar-refractivity contribution in [1.29, 1.82) is 0 Å². The van der Waals surface area contributed by atoms with Gasteiger partial charge in [-0.25, -0.2) is 0 Å². The van der Waals surface area contributed by atoms with E-state index in [2.05, 4.69) is 34.7 Å². The summed E-state index contributed by atoms with van der Waals surface area (Å²) in [6, 6.07) is 10.6. The van der Waals surface area contributed by atoms with Gasteiger partial charge in [0.15, 0.2) is 5.96 Å². The van der Waals surface area contributed by atoms with E-state index in [9.17, 15) is 13.2 Å². The molecule has 2 atom stereocenters. The van der Waals surface area contributed by atoms with Gasteiger partial charge in [-0.1, -0.05) is 30.3 Å². The zero-order valence-corrected chi connectivity index (χ0v) is 15.5. The van der Waals surface area contributed by atoms with Crippen LogP contribution < -0.4 is 10.6 Å². The topological polar surface area (TPSA) is 39.7 Å². The minimum atomic E-state index is -4.12. The smallest absolute Gasteiger partial charge is 0.356 e. The molecule has 0 radical (unpaired) electrons. The lowest BCUT2D eigenvalue weighted by Gasteiger charge is -2.20. The van der Waals surface area contributed by atoms with Crippen LogP contribution >= 0.6 is 0 Å². The van der Waals surface area contributed by atoms with Crippen molar-refractivity contribution in [1.82, 2.24) is 15.5 Å². The fourth-order valence-electron chi connectivity index (χ4n) is 3.25. The van der Waals surface area contributed by atoms with Crippen molar-refractivity contribution < 1.29 is 13.2 Å². The van der Waals surface area contributed by atoms with E-state index in [4.69, 9.17) is 0 Å². The summed E-state index contributed by atoms with van der Waals surface area (Å²) >= 11 is 0. The molecule has 2 unspecified atom stereocenters. The normalized spacial score (nSPS) is 20.2. The number of nitrogens with one attached hydrogen (secondary N) is 2. The number of rotatable bonds is 7. The zero-order valence-electron chi connectivity index (χ0n) is 15.5. The molecule has 1 heterocycles. The predicted molar refractivity (Wildman–Crippen MR) is 99.3 cm³/mol. The van der Waals surface area contributed by atoms with Gasteiger partial charge >= 0.3 is 6.18 Å². The van der Waals surface area contributed by atoms with Crippen molar-refractivity contribution >= 4 is 5.96 Å². The van der Waals surface area contributed by atoms with Crippen molar-refractivity contribution in [3.8, 4) is 0 Å². The molecule has 0 bridgehead atoms. The van der Waals surface area contributed by atoms with Crippen molar-refractivity contribution in [2.75, 3.05) is 33.2 Å². The highest BCUT2D eigenvalue weighted by molar-refractivity contribution is 5.79. The SMILES string of the molecule is CN=C(NCC1CCN(CC(F)(F)F)C1)NC(C)CCc1ccccc1. The standard InChI is InChI=1S/C19H29F3N4/c1-15(8-9-16-6-4-3-5-7-16)25-18(23-2)24-12-17-10-11-26(13-17)14-19(20,21)22/h3-7,15,17H,8-14H2,1-2H3,(H2,23,24,25). The van der Waals surface area contributed by atoms with Crippen LogP contribution in [0.3, 0.4) is 0 Å². The summed E-state index contributed by atoms with van der Waals surface area (Å²) in [4.78, 5) is 5.70. The van der Waals surface area contributed by atoms with E-state index in [1.807, 2.05) is 18.2 Å². The minimum absolute atomic E-state index is 0.218. The second-order valence-electron chi connectivity index (χ2n) is 7.03. The minimum Gasteiger partial charge on any atom is -0.356 e. The molecule has 0 saturated carbocycles. The molecular formula is C19H29F3N4. The molecular weight excluding hydrogens is 341 g/mol. The highest BCUT2D eigenvalue weighted by Crippen LogP contribution is 2.22. The summed E-state index contributed by atoms with van der Waals surface area (Å²) in [7, 11) is 1.71. The molecule has 0 aromatic heterocycles. The summed E-state index contributed by atoms with van der Waals surface area (Å²) in [6.07, 6.45) is -1.37. The summed E-state index contributed by atoms with van der Waals surface area (Å²) in [5, 5.41) is 6.61. The van der Waals surface area contributed by atoms with Crippen molar-refractivity contribution in [2.24, 2.45) is 10.9 Å². The molecule has 1 fully saturated rings. The maximum atomic E-state index is 12.5. The molecule has 0 spiro atoms. The number of hydrogen-bond acceptors (Lipinski definition) is 2. The number of halogens is 3. The van der Waals surface area contributed by atoms with Crippen molar-refractivity contribution in [2.45, 2.75) is 38.4 Å². The van der Waals surface area contributed by atoms with E-state index < -0.39 is 12.7 Å². The maximum Gasteiger partial charge on any atom is 0.401 e. The average Bonchev–Trinajstić information content (AvgIpc) is 3.03. The van der Waals surface area contributed by atoms with Crippen LogP contribution in [0.5, 0.6) is 0 Å². The Morgan fingerprint density at radius 2 is 2.04 bits per heavy atom. The van der Waals surface area contributed by atoms with Crippen LogP contribution in [-0.4, -0.2) is 56.3 Å². The number of aliphatic imine (C=N–C) groups is 1. The Kier molecular flexibility index (Phi) is 7.75. The van der Waals surface area contributed by atoms with Crippen LogP contribution in [0, 0.1) is 5.92 Å². The van der Waals surface area contributed by atoms with Crippen LogP contribution in [0.2, 0.25) is 0 Å². The van der Waals surface area contributed by atoms with Gasteiger partial charge in [-0.05, 0) is 44.2 Å². The third-order valence-corrected chi connectivity index (χ3v) is 4.65. The van der Waals surface area contributed by atoms with Crippen LogP contribution in [0.4, 0.5) is 13.2 Å². The van der Waals surface area contributed by atoms with E-state index in [0.29, 0.717) is 25.6 Å². The van der Waals surface area contributed by atoms with E-state index in [1.54, 1.807) is 7.05 Å². The Labute approximate surface area is 153 Å². The zero-order chi connectivity index (χ0) is 19.0. The summed E-state index contributed by atoms with van der Waals surface area (Å²) < 4.78 is 37.4. The lowest BCUT2D eigenvalue weighted by atomic mass is 10.1. The number of benzene rings is 1. The van der Waals surface area contributed by atoms with E-state index in [-0.39, 0.29) is 12.0 Å². The molecule has 0 amide bonds. The summed E-state index contributed by atoms with van der Waals surface area (Å²) in [5.74, 6) is 0.926. The molecule has 4 nitrogen and oxygen atoms in total. The molecule has 146 valence electrons. The second kappa shape index (κ2) is 9.80. The van der Waals surface area contributed by atoms with Crippen molar-refractivity contribution in [3.63, 3.8) is 0 Å². The predicted octanol–water partition coefficient (Wildman–Crippen LogP) is 3.06. The lowest BCUT2D eigenvalue weighted by Crippen LogP contribution is -2.44. The van der Waals surface area contributed by atoms with Gasteiger partial charge in [-0.2, -0.15) is 13.2 Å². The molecule has 0 aliphatic carbocycles. The number of likely N-dealkylation sites (tertiary alicyclic amines) is 1. The van der Waals surface area contributed by atoms with Gasteiger partial charge < -0.3 is 10.6 Å². The van der Waals surface area contributed by atoms with Gasteiger partial charge in [0.2, 0.25) is 0 Å². The first-order valence-electron chi connectivity index (χ1n) is 9.16. The number of guanidine groups is 1. The third kappa shape index (κ3) is 7.64. The first kappa shape index (κ1) is 20.6. The fraction of sp³-hybridized carbons (Fsp3) is 0.632. The third-order valence-electron chi connectivity index (χ3n) is 4.65. The summed E-state index contributed by atoms with van der Waals surface area (Å²) in [5.41, 5.74) is 1.31. The number of aryl methyl sites for hydroxylation is 1. The average molecular weight is 370 g/mol. The number of alkyl halides is 3. The maximum absolute atomic E-state index is 12.5. The Hall–Kier alpha value is -1.76. The molecule has 2 rings (SSSR count). The molecule has 1 saturated heterocycles. The van der Waals surface area contributed by atoms with E-state index in [0.717, 1.165) is 19.3 Å². The van der Waals surface area contributed by atoms with Gasteiger partial charge in [0.25, 0.3) is 0 Å². The highest BCUT2D eigenvalue weighted by Gasteiger charge is 2.34. The van der Waals surface area contributed by atoms with Crippen molar-refractivity contribution in [3.05, 3.63) is 35.9 Å². The Morgan fingerprint density at radius 1 is 1.31 bits per heavy atom. The number of nitrogens with zero attached hydrogens (tertiary/aromatic N) is 2. The molecule has 26 heavy (non-hydrogen) atoms. The van der Waals surface area contributed by atoms with Gasteiger partial charge in [0, 0.05) is 26.2 Å². The molecule has 2 N–H and O–H groups in total. The van der Waals surface area contributed by atoms with Crippen LogP contribution in [-0.2, 0) is 6.42 Å². The molecule has 1 aromatic rings. The highest BCUT2D eigenvalue weighted by atomic mass is 19.4. The monoisotopic (exact) mass is 370 g/mol. The first-order chi connectivity index (χ1) is 12.4. The molecule has 1 aliphatic heterocycles. The second-order valence-corrected chi connectivity index (χ2v) is 7.03. The Bertz CT molecular complexity index is 560. The van der Waals surface area contributed by atoms with Crippen LogP contribution in [0.1, 0.15) is 25.3 Å². The quantitative estimate of drug-likeness (QED) is 0.572.